The van der Waals surface area contributed by atoms with Crippen molar-refractivity contribution in [3.8, 4) is 5.75 Å². The van der Waals surface area contributed by atoms with Gasteiger partial charge in [-0.15, -0.1) is 0 Å². The summed E-state index contributed by atoms with van der Waals surface area (Å²) in [6.45, 7) is 0.640. The molecule has 0 fully saturated rings. The van der Waals surface area contributed by atoms with Gasteiger partial charge in [0.25, 0.3) is 5.91 Å². The molecule has 2 aromatic rings. The maximum atomic E-state index is 13.0. The minimum Gasteiger partial charge on any atom is -0.496 e. The van der Waals surface area contributed by atoms with Crippen LogP contribution in [0.2, 0.25) is 0 Å². The van der Waals surface area contributed by atoms with E-state index in [-0.39, 0.29) is 18.9 Å². The molecule has 2 rings (SSSR count). The number of carbonyl (C=O) groups excluding carboxylic acids is 2. The smallest absolute Gasteiger partial charge is 0.257 e. The molecule has 0 aliphatic rings. The number of nitrogens with zero attached hydrogens (tertiary/aromatic N) is 1. The van der Waals surface area contributed by atoms with Gasteiger partial charge < -0.3 is 15.4 Å². The minimum absolute atomic E-state index is 0.106. The fourth-order valence-electron chi connectivity index (χ4n) is 2.32. The first-order chi connectivity index (χ1) is 11.5. The highest BCUT2D eigenvalue weighted by atomic mass is 79.9. The molecule has 0 saturated heterocycles. The Morgan fingerprint density at radius 1 is 1.17 bits per heavy atom. The second-order valence-electron chi connectivity index (χ2n) is 5.27. The average Bonchev–Trinajstić information content (AvgIpc) is 2.58. The second kappa shape index (κ2) is 8.49. The third-order valence-electron chi connectivity index (χ3n) is 3.52. The lowest BCUT2D eigenvalue weighted by molar-refractivity contribution is -0.118. The number of primary amides is 1. The van der Waals surface area contributed by atoms with E-state index in [1.54, 1.807) is 23.1 Å². The van der Waals surface area contributed by atoms with Crippen LogP contribution >= 0.6 is 15.9 Å². The zero-order valence-corrected chi connectivity index (χ0v) is 15.0. The van der Waals surface area contributed by atoms with Gasteiger partial charge in [-0.1, -0.05) is 46.3 Å². The molecule has 126 valence electrons. The van der Waals surface area contributed by atoms with Crippen LogP contribution in [0.15, 0.2) is 53.0 Å². The summed E-state index contributed by atoms with van der Waals surface area (Å²) in [6.07, 6.45) is 0.106. The average molecular weight is 391 g/mol. The number of amides is 2. The largest absolute Gasteiger partial charge is 0.496 e. The third-order valence-corrected chi connectivity index (χ3v) is 4.02. The van der Waals surface area contributed by atoms with Crippen molar-refractivity contribution in [2.45, 2.75) is 13.0 Å². The van der Waals surface area contributed by atoms with E-state index >= 15 is 0 Å². The first-order valence-corrected chi connectivity index (χ1v) is 8.25. The zero-order chi connectivity index (χ0) is 17.5. The Kier molecular flexibility index (Phi) is 6.37. The molecule has 2 amide bonds. The Morgan fingerprint density at radius 3 is 2.50 bits per heavy atom. The Morgan fingerprint density at radius 2 is 1.88 bits per heavy atom. The summed E-state index contributed by atoms with van der Waals surface area (Å²) in [5.41, 5.74) is 6.66. The highest BCUT2D eigenvalue weighted by Gasteiger charge is 2.20. The number of methoxy groups -OCH3 is 1. The van der Waals surface area contributed by atoms with Crippen LogP contribution in [0.25, 0.3) is 0 Å². The van der Waals surface area contributed by atoms with Crippen LogP contribution in [0.1, 0.15) is 22.3 Å². The molecule has 0 unspecified atom stereocenters. The molecule has 0 spiro atoms. The topological polar surface area (TPSA) is 72.6 Å². The fourth-order valence-corrected chi connectivity index (χ4v) is 2.68. The third kappa shape index (κ3) is 4.83. The van der Waals surface area contributed by atoms with Crippen LogP contribution in [-0.4, -0.2) is 30.4 Å². The van der Waals surface area contributed by atoms with Crippen molar-refractivity contribution in [2.24, 2.45) is 5.73 Å². The van der Waals surface area contributed by atoms with Crippen LogP contribution in [0, 0.1) is 0 Å². The molecular formula is C18H19BrN2O3. The van der Waals surface area contributed by atoms with Gasteiger partial charge in [-0.3, -0.25) is 9.59 Å². The Hall–Kier alpha value is -2.34. The molecule has 0 heterocycles. The number of nitrogens with two attached hydrogens (primary N) is 1. The number of ether oxygens (including phenoxy) is 1. The quantitative estimate of drug-likeness (QED) is 0.789. The standard InChI is InChI=1S/C18H19BrN2O3/c1-24-16-8-7-14(19)11-15(16)18(23)21(10-9-17(20)22)12-13-5-3-2-4-6-13/h2-8,11H,9-10,12H2,1H3,(H2,20,22). The lowest BCUT2D eigenvalue weighted by Gasteiger charge is -2.23. The normalized spacial score (nSPS) is 10.2. The zero-order valence-electron chi connectivity index (χ0n) is 13.4. The maximum absolute atomic E-state index is 13.0. The molecule has 0 radical (unpaired) electrons. The highest BCUT2D eigenvalue weighted by Crippen LogP contribution is 2.25. The number of benzene rings is 2. The summed E-state index contributed by atoms with van der Waals surface area (Å²) in [5, 5.41) is 0. The lowest BCUT2D eigenvalue weighted by atomic mass is 10.1. The van der Waals surface area contributed by atoms with Crippen molar-refractivity contribution in [1.82, 2.24) is 4.90 Å². The number of carbonyl (C=O) groups is 2. The van der Waals surface area contributed by atoms with Crippen LogP contribution in [-0.2, 0) is 11.3 Å². The van der Waals surface area contributed by atoms with Gasteiger partial charge in [0.2, 0.25) is 5.91 Å². The van der Waals surface area contributed by atoms with Crippen LogP contribution in [0.4, 0.5) is 0 Å². The van der Waals surface area contributed by atoms with Crippen molar-refractivity contribution in [3.05, 3.63) is 64.1 Å². The van der Waals surface area contributed by atoms with Crippen molar-refractivity contribution >= 4 is 27.7 Å². The van der Waals surface area contributed by atoms with E-state index in [1.165, 1.54) is 7.11 Å². The van der Waals surface area contributed by atoms with E-state index in [1.807, 2.05) is 30.3 Å². The van der Waals surface area contributed by atoms with Gasteiger partial charge in [-0.25, -0.2) is 0 Å². The predicted octanol–water partition coefficient (Wildman–Crippen LogP) is 2.98. The van der Waals surface area contributed by atoms with Crippen molar-refractivity contribution < 1.29 is 14.3 Å². The first-order valence-electron chi connectivity index (χ1n) is 7.46. The number of halogens is 1. The summed E-state index contributed by atoms with van der Waals surface area (Å²) < 4.78 is 6.07. The van der Waals surface area contributed by atoms with Crippen molar-refractivity contribution in [1.29, 1.82) is 0 Å². The van der Waals surface area contributed by atoms with E-state index in [4.69, 9.17) is 10.5 Å². The summed E-state index contributed by atoms with van der Waals surface area (Å²) >= 11 is 3.37. The predicted molar refractivity (Wildman–Crippen MR) is 95.7 cm³/mol. The molecule has 0 saturated carbocycles. The number of rotatable bonds is 7. The maximum Gasteiger partial charge on any atom is 0.257 e. The van der Waals surface area contributed by atoms with Gasteiger partial charge in [0.15, 0.2) is 0 Å². The van der Waals surface area contributed by atoms with Gasteiger partial charge in [0.05, 0.1) is 12.7 Å². The molecule has 0 aromatic heterocycles. The van der Waals surface area contributed by atoms with E-state index in [2.05, 4.69) is 15.9 Å². The first kappa shape index (κ1) is 18.0. The molecule has 0 atom stereocenters. The van der Waals surface area contributed by atoms with E-state index < -0.39 is 5.91 Å². The van der Waals surface area contributed by atoms with E-state index in [0.29, 0.717) is 17.9 Å². The summed E-state index contributed by atoms with van der Waals surface area (Å²) in [6, 6.07) is 14.8. The Bertz CT molecular complexity index is 719. The fraction of sp³-hybridized carbons (Fsp3) is 0.222. The molecule has 2 aromatic carbocycles. The summed E-state index contributed by atoms with van der Waals surface area (Å²) in [4.78, 5) is 25.7. The monoisotopic (exact) mass is 390 g/mol. The lowest BCUT2D eigenvalue weighted by Crippen LogP contribution is -2.34. The molecule has 2 N–H and O–H groups in total. The molecule has 0 aliphatic carbocycles. The molecule has 24 heavy (non-hydrogen) atoms. The van der Waals surface area contributed by atoms with Gasteiger partial charge in [-0.05, 0) is 23.8 Å². The van der Waals surface area contributed by atoms with Crippen molar-refractivity contribution in [2.75, 3.05) is 13.7 Å². The van der Waals surface area contributed by atoms with Crippen LogP contribution in [0.5, 0.6) is 5.75 Å². The van der Waals surface area contributed by atoms with Crippen LogP contribution < -0.4 is 10.5 Å². The van der Waals surface area contributed by atoms with Gasteiger partial charge in [0, 0.05) is 24.0 Å². The van der Waals surface area contributed by atoms with Crippen LogP contribution in [0.3, 0.4) is 0 Å². The molecular weight excluding hydrogens is 372 g/mol. The minimum atomic E-state index is -0.443. The second-order valence-corrected chi connectivity index (χ2v) is 6.19. The van der Waals surface area contributed by atoms with E-state index in [9.17, 15) is 9.59 Å². The number of hydrogen-bond acceptors (Lipinski definition) is 3. The molecule has 0 aliphatic heterocycles. The van der Waals surface area contributed by atoms with Gasteiger partial charge >= 0.3 is 0 Å². The van der Waals surface area contributed by atoms with E-state index in [0.717, 1.165) is 10.0 Å². The van der Waals surface area contributed by atoms with Gasteiger partial charge in [-0.2, -0.15) is 0 Å². The molecule has 0 bridgehead atoms. The number of hydrogen-bond donors (Lipinski definition) is 1. The SMILES string of the molecule is COc1ccc(Br)cc1C(=O)N(CCC(N)=O)Cc1ccccc1. The van der Waals surface area contributed by atoms with Crippen molar-refractivity contribution in [3.63, 3.8) is 0 Å². The Labute approximate surface area is 149 Å². The highest BCUT2D eigenvalue weighted by molar-refractivity contribution is 9.10. The van der Waals surface area contributed by atoms with Gasteiger partial charge in [0.1, 0.15) is 5.75 Å². The summed E-state index contributed by atoms with van der Waals surface area (Å²) in [7, 11) is 1.52. The molecule has 6 heteroatoms. The molecule has 5 nitrogen and oxygen atoms in total. The summed E-state index contributed by atoms with van der Waals surface area (Å²) in [5.74, 6) is -0.166. The Balaban J connectivity index is 2.29.